The lowest BCUT2D eigenvalue weighted by atomic mass is 9.70. The summed E-state index contributed by atoms with van der Waals surface area (Å²) in [7, 11) is -3.42. The number of fused-ring (bicyclic) bond motifs is 2. The molecular weight excluding hydrogens is 298 g/mol. The van der Waals surface area contributed by atoms with Gasteiger partial charge in [0.25, 0.3) is 0 Å². The van der Waals surface area contributed by atoms with E-state index in [2.05, 4.69) is 25.5 Å². The van der Waals surface area contributed by atoms with Crippen molar-refractivity contribution in [1.29, 1.82) is 0 Å². The highest BCUT2D eigenvalue weighted by Crippen LogP contribution is 2.64. The maximum Gasteiger partial charge on any atom is 0.212 e. The smallest absolute Gasteiger partial charge is 0.212 e. The van der Waals surface area contributed by atoms with Crippen LogP contribution in [-0.4, -0.2) is 26.0 Å². The van der Waals surface area contributed by atoms with Crippen molar-refractivity contribution in [3.8, 4) is 0 Å². The van der Waals surface area contributed by atoms with Crippen LogP contribution in [-0.2, 0) is 14.8 Å². The topological polar surface area (TPSA) is 63.2 Å². The predicted molar refractivity (Wildman–Crippen MR) is 86.9 cm³/mol. The molecule has 3 aliphatic carbocycles. The molecule has 22 heavy (non-hydrogen) atoms. The highest BCUT2D eigenvalue weighted by molar-refractivity contribution is 7.89. The van der Waals surface area contributed by atoms with Crippen LogP contribution in [0.15, 0.2) is 0 Å². The van der Waals surface area contributed by atoms with E-state index in [1.807, 2.05) is 0 Å². The number of carbonyl (C=O) groups is 1. The Kier molecular flexibility index (Phi) is 3.96. The van der Waals surface area contributed by atoms with Gasteiger partial charge in [0.05, 0.1) is 5.75 Å². The van der Waals surface area contributed by atoms with Gasteiger partial charge >= 0.3 is 0 Å². The lowest BCUT2D eigenvalue weighted by molar-refractivity contribution is -0.128. The molecule has 4 nitrogen and oxygen atoms in total. The predicted octanol–water partition coefficient (Wildman–Crippen LogP) is 2.88. The number of sulfonamides is 1. The molecule has 0 saturated heterocycles. The molecule has 0 heterocycles. The minimum atomic E-state index is -3.42. The molecule has 0 radical (unpaired) electrons. The summed E-state index contributed by atoms with van der Waals surface area (Å²) in [5, 5.41) is 0. The lowest BCUT2D eigenvalue weighted by Gasteiger charge is -2.37. The summed E-state index contributed by atoms with van der Waals surface area (Å²) in [6.07, 6.45) is 6.60. The lowest BCUT2D eigenvalue weighted by Crippen LogP contribution is -2.49. The van der Waals surface area contributed by atoms with Gasteiger partial charge in [-0.1, -0.05) is 33.6 Å². The zero-order valence-electron chi connectivity index (χ0n) is 14.0. The van der Waals surface area contributed by atoms with Crippen LogP contribution < -0.4 is 4.72 Å². The van der Waals surface area contributed by atoms with Gasteiger partial charge in [0.1, 0.15) is 5.78 Å². The molecule has 126 valence electrons. The van der Waals surface area contributed by atoms with Gasteiger partial charge < -0.3 is 0 Å². The van der Waals surface area contributed by atoms with Crippen molar-refractivity contribution in [2.45, 2.75) is 71.8 Å². The molecule has 0 aromatic carbocycles. The van der Waals surface area contributed by atoms with E-state index in [9.17, 15) is 13.2 Å². The van der Waals surface area contributed by atoms with Crippen LogP contribution in [0.5, 0.6) is 0 Å². The summed E-state index contributed by atoms with van der Waals surface area (Å²) in [4.78, 5) is 12.5. The molecule has 5 heteroatoms. The van der Waals surface area contributed by atoms with Gasteiger partial charge in [-0.05, 0) is 42.9 Å². The molecule has 0 aromatic heterocycles. The molecule has 1 N–H and O–H groups in total. The SMILES string of the molecule is C[C@H]1CCCC[C@@H]1NS(=O)(=O)C[C@]12CC[C@H](CC1=O)C2(C)C. The largest absolute Gasteiger partial charge is 0.299 e. The van der Waals surface area contributed by atoms with Gasteiger partial charge in [-0.15, -0.1) is 0 Å². The van der Waals surface area contributed by atoms with Crippen molar-refractivity contribution in [3.05, 3.63) is 0 Å². The minimum Gasteiger partial charge on any atom is -0.299 e. The Bertz CT molecular complexity index is 568. The van der Waals surface area contributed by atoms with E-state index in [0.29, 0.717) is 18.3 Å². The minimum absolute atomic E-state index is 0.00838. The molecule has 3 aliphatic rings. The third-order valence-electron chi connectivity index (χ3n) is 7.02. The number of carbonyl (C=O) groups excluding carboxylic acids is 1. The average molecular weight is 327 g/mol. The molecule has 0 amide bonds. The van der Waals surface area contributed by atoms with Crippen LogP contribution in [0.25, 0.3) is 0 Å². The second-order valence-electron chi connectivity index (χ2n) is 8.41. The standard InChI is InChI=1S/C17H29NO3S/c1-12-6-4-5-7-14(12)18-22(20,21)11-17-9-8-13(10-15(17)19)16(17,2)3/h12-14,18H,4-11H2,1-3H3/t12-,13+,14-,17+/m0/s1. The normalized spacial score (nSPS) is 41.0. The summed E-state index contributed by atoms with van der Waals surface area (Å²) < 4.78 is 28.4. The summed E-state index contributed by atoms with van der Waals surface area (Å²) in [6.45, 7) is 6.31. The maximum atomic E-state index is 12.8. The van der Waals surface area contributed by atoms with Crippen LogP contribution in [0.4, 0.5) is 0 Å². The Morgan fingerprint density at radius 2 is 1.86 bits per heavy atom. The van der Waals surface area contributed by atoms with E-state index in [1.54, 1.807) is 0 Å². The number of Topliss-reactive ketones (excluding diaryl/α,β-unsaturated/α-hetero) is 1. The second kappa shape index (κ2) is 5.30. The van der Waals surface area contributed by atoms with Crippen LogP contribution in [0.1, 0.15) is 65.7 Å². The Labute approximate surface area is 134 Å². The fraction of sp³-hybridized carbons (Fsp3) is 0.941. The third-order valence-corrected chi connectivity index (χ3v) is 8.55. The Morgan fingerprint density at radius 1 is 1.18 bits per heavy atom. The van der Waals surface area contributed by atoms with Crippen molar-refractivity contribution in [2.75, 3.05) is 5.75 Å². The van der Waals surface area contributed by atoms with Gasteiger partial charge in [0.2, 0.25) is 10.0 Å². The molecule has 3 rings (SSSR count). The van der Waals surface area contributed by atoms with Gasteiger partial charge in [-0.25, -0.2) is 13.1 Å². The molecule has 4 atom stereocenters. The highest BCUT2D eigenvalue weighted by atomic mass is 32.2. The zero-order chi connectivity index (χ0) is 16.2. The average Bonchev–Trinajstić information content (AvgIpc) is 2.74. The maximum absolute atomic E-state index is 12.8. The van der Waals surface area contributed by atoms with Crippen molar-refractivity contribution in [2.24, 2.45) is 22.7 Å². The third kappa shape index (κ3) is 2.44. The van der Waals surface area contributed by atoms with Crippen molar-refractivity contribution in [3.63, 3.8) is 0 Å². The molecule has 3 saturated carbocycles. The number of nitrogens with one attached hydrogen (secondary N) is 1. The molecule has 3 fully saturated rings. The first-order valence-corrected chi connectivity index (χ1v) is 10.4. The molecule has 0 spiro atoms. The number of ketones is 1. The van der Waals surface area contributed by atoms with Crippen molar-refractivity contribution >= 4 is 15.8 Å². The Hall–Kier alpha value is -0.420. The fourth-order valence-corrected chi connectivity index (χ4v) is 7.42. The van der Waals surface area contributed by atoms with Crippen LogP contribution in [0, 0.1) is 22.7 Å². The first-order chi connectivity index (χ1) is 10.2. The van der Waals surface area contributed by atoms with Crippen molar-refractivity contribution in [1.82, 2.24) is 4.72 Å². The molecular formula is C17H29NO3S. The van der Waals surface area contributed by atoms with E-state index < -0.39 is 15.4 Å². The first kappa shape index (κ1) is 16.4. The zero-order valence-corrected chi connectivity index (χ0v) is 14.8. The summed E-state index contributed by atoms with van der Waals surface area (Å²) in [5.41, 5.74) is -0.835. The van der Waals surface area contributed by atoms with Crippen LogP contribution in [0.3, 0.4) is 0 Å². The molecule has 0 unspecified atom stereocenters. The van der Waals surface area contributed by atoms with E-state index in [1.165, 1.54) is 6.42 Å². The molecule has 2 bridgehead atoms. The van der Waals surface area contributed by atoms with E-state index in [-0.39, 0.29) is 23.0 Å². The monoisotopic (exact) mass is 327 g/mol. The Morgan fingerprint density at radius 3 is 2.41 bits per heavy atom. The van der Waals surface area contributed by atoms with Gasteiger partial charge in [-0.3, -0.25) is 4.79 Å². The van der Waals surface area contributed by atoms with Gasteiger partial charge in [0.15, 0.2) is 0 Å². The highest BCUT2D eigenvalue weighted by Gasteiger charge is 2.65. The van der Waals surface area contributed by atoms with E-state index in [0.717, 1.165) is 32.1 Å². The second-order valence-corrected chi connectivity index (χ2v) is 10.2. The summed E-state index contributed by atoms with van der Waals surface area (Å²) in [5.74, 6) is 0.926. The van der Waals surface area contributed by atoms with Crippen LogP contribution >= 0.6 is 0 Å². The van der Waals surface area contributed by atoms with Gasteiger partial charge in [0, 0.05) is 17.9 Å². The molecule has 0 aromatic rings. The van der Waals surface area contributed by atoms with Crippen LogP contribution in [0.2, 0.25) is 0 Å². The quantitative estimate of drug-likeness (QED) is 0.863. The summed E-state index contributed by atoms with van der Waals surface area (Å²) >= 11 is 0. The number of hydrogen-bond acceptors (Lipinski definition) is 3. The summed E-state index contributed by atoms with van der Waals surface area (Å²) in [6, 6.07) is 0.0481. The Balaban J connectivity index is 1.78. The van der Waals surface area contributed by atoms with Crippen molar-refractivity contribution < 1.29 is 13.2 Å². The fourth-order valence-electron chi connectivity index (χ4n) is 5.20. The van der Waals surface area contributed by atoms with E-state index in [4.69, 9.17) is 0 Å². The molecule has 0 aliphatic heterocycles. The number of rotatable bonds is 4. The first-order valence-electron chi connectivity index (χ1n) is 8.71. The number of hydrogen-bond donors (Lipinski definition) is 1. The van der Waals surface area contributed by atoms with E-state index >= 15 is 0 Å². The van der Waals surface area contributed by atoms with Gasteiger partial charge in [-0.2, -0.15) is 0 Å².